The summed E-state index contributed by atoms with van der Waals surface area (Å²) >= 11 is 0. The number of nitrogens with two attached hydrogens (primary N) is 1. The third-order valence-electron chi connectivity index (χ3n) is 5.03. The number of hydrogen-bond donors (Lipinski definition) is 6. The number of carbonyl (C=O) groups is 3. The topological polar surface area (TPSA) is 201 Å². The van der Waals surface area contributed by atoms with Crippen LogP contribution in [0, 0.1) is 5.41 Å². The molecular formula is C25H33N5O7S. The van der Waals surface area contributed by atoms with Gasteiger partial charge in [0.15, 0.2) is 0 Å². The number of ether oxygens (including phenoxy) is 1. The summed E-state index contributed by atoms with van der Waals surface area (Å²) in [4.78, 5) is 36.2. The average Bonchev–Trinajstić information content (AvgIpc) is 2.83. The van der Waals surface area contributed by atoms with Crippen LogP contribution in [0.15, 0.2) is 48.5 Å². The van der Waals surface area contributed by atoms with Crippen molar-refractivity contribution in [3.05, 3.63) is 70.8 Å². The number of aromatic carboxylic acids is 1. The molecular weight excluding hydrogens is 514 g/mol. The largest absolute Gasteiger partial charge is 0.478 e. The molecule has 0 saturated heterocycles. The van der Waals surface area contributed by atoms with E-state index in [0.29, 0.717) is 5.56 Å². The average molecular weight is 548 g/mol. The SMILES string of the molecule is CC(C)(C)OC[C@@H](NS(=O)(=O)Cc1cccc(C(=O)O)c1)C(=O)NCC(=O)NCc1ccc(C(=N)N)cc1. The number of nitrogen functional groups attached to an aromatic ring is 1. The van der Waals surface area contributed by atoms with E-state index in [1.54, 1.807) is 45.0 Å². The van der Waals surface area contributed by atoms with E-state index < -0.39 is 51.7 Å². The quantitative estimate of drug-likeness (QED) is 0.155. The van der Waals surface area contributed by atoms with Crippen LogP contribution in [0.1, 0.15) is 47.8 Å². The van der Waals surface area contributed by atoms with Crippen molar-refractivity contribution in [1.29, 1.82) is 5.41 Å². The van der Waals surface area contributed by atoms with Gasteiger partial charge in [0.1, 0.15) is 11.9 Å². The smallest absolute Gasteiger partial charge is 0.335 e. The molecule has 206 valence electrons. The molecule has 2 amide bonds. The van der Waals surface area contributed by atoms with Gasteiger partial charge < -0.3 is 26.2 Å². The fourth-order valence-electron chi connectivity index (χ4n) is 3.12. The monoisotopic (exact) mass is 547 g/mol. The number of sulfonamides is 1. The van der Waals surface area contributed by atoms with Gasteiger partial charge in [0.05, 0.1) is 30.1 Å². The molecule has 0 unspecified atom stereocenters. The number of carboxylic acid groups (broad SMARTS) is 1. The minimum atomic E-state index is -4.09. The van der Waals surface area contributed by atoms with E-state index in [9.17, 15) is 22.8 Å². The van der Waals surface area contributed by atoms with Crippen molar-refractivity contribution in [2.75, 3.05) is 13.2 Å². The van der Waals surface area contributed by atoms with Gasteiger partial charge in [-0.3, -0.25) is 15.0 Å². The maximum atomic E-state index is 12.8. The van der Waals surface area contributed by atoms with Crippen LogP contribution in [0.25, 0.3) is 0 Å². The summed E-state index contributed by atoms with van der Waals surface area (Å²) in [5, 5.41) is 21.6. The van der Waals surface area contributed by atoms with Crippen molar-refractivity contribution in [1.82, 2.24) is 15.4 Å². The van der Waals surface area contributed by atoms with E-state index in [1.807, 2.05) is 0 Å². The second kappa shape index (κ2) is 13.1. The van der Waals surface area contributed by atoms with E-state index in [0.717, 1.165) is 5.56 Å². The predicted octanol–water partition coefficient (Wildman–Crippen LogP) is 0.705. The van der Waals surface area contributed by atoms with E-state index in [4.69, 9.17) is 21.0 Å². The third kappa shape index (κ3) is 10.7. The molecule has 0 saturated carbocycles. The zero-order chi connectivity index (χ0) is 28.5. The molecule has 2 aromatic carbocycles. The molecule has 7 N–H and O–H groups in total. The lowest BCUT2D eigenvalue weighted by molar-refractivity contribution is -0.129. The van der Waals surface area contributed by atoms with Crippen LogP contribution in [0.4, 0.5) is 0 Å². The standard InChI is InChI=1S/C25H33N5O7S/c1-25(2,3)37-14-20(30-38(35,36)15-17-5-4-6-19(11-17)24(33)34)23(32)29-13-21(31)28-12-16-7-9-18(10-8-16)22(26)27/h4-11,20,30H,12-15H2,1-3H3,(H3,26,27)(H,28,31)(H,29,32)(H,33,34)/t20-/m1/s1. The lowest BCUT2D eigenvalue weighted by Crippen LogP contribution is -2.52. The van der Waals surface area contributed by atoms with Gasteiger partial charge in [0, 0.05) is 12.1 Å². The number of amidine groups is 1. The number of rotatable bonds is 13. The van der Waals surface area contributed by atoms with Gasteiger partial charge >= 0.3 is 5.97 Å². The number of amides is 2. The highest BCUT2D eigenvalue weighted by Crippen LogP contribution is 2.11. The van der Waals surface area contributed by atoms with Crippen LogP contribution in [-0.2, 0) is 36.6 Å². The second-order valence-corrected chi connectivity index (χ2v) is 11.2. The van der Waals surface area contributed by atoms with E-state index in [2.05, 4.69) is 15.4 Å². The van der Waals surface area contributed by atoms with Gasteiger partial charge in [0.2, 0.25) is 21.8 Å². The molecule has 0 fully saturated rings. The van der Waals surface area contributed by atoms with Crippen molar-refractivity contribution in [3.63, 3.8) is 0 Å². The zero-order valence-electron chi connectivity index (χ0n) is 21.4. The summed E-state index contributed by atoms with van der Waals surface area (Å²) in [6.45, 7) is 4.69. The molecule has 2 rings (SSSR count). The molecule has 0 aromatic heterocycles. The molecule has 0 aliphatic carbocycles. The summed E-state index contributed by atoms with van der Waals surface area (Å²) in [7, 11) is -4.09. The Bertz CT molecular complexity index is 1270. The second-order valence-electron chi connectivity index (χ2n) is 9.46. The van der Waals surface area contributed by atoms with Gasteiger partial charge in [0.25, 0.3) is 0 Å². The molecule has 2 aromatic rings. The van der Waals surface area contributed by atoms with Crippen LogP contribution in [-0.4, -0.2) is 61.9 Å². The molecule has 0 spiro atoms. The summed E-state index contributed by atoms with van der Waals surface area (Å²) < 4.78 is 33.5. The molecule has 1 atom stereocenters. The fourth-order valence-corrected chi connectivity index (χ4v) is 4.43. The Kier molecular flexibility index (Phi) is 10.5. The molecule has 0 heterocycles. The van der Waals surface area contributed by atoms with Gasteiger partial charge in [-0.05, 0) is 44.0 Å². The van der Waals surface area contributed by atoms with Gasteiger partial charge in [-0.1, -0.05) is 36.4 Å². The number of benzene rings is 2. The maximum Gasteiger partial charge on any atom is 0.335 e. The van der Waals surface area contributed by atoms with Gasteiger partial charge in [-0.2, -0.15) is 0 Å². The lowest BCUT2D eigenvalue weighted by Gasteiger charge is -2.24. The normalized spacial score (nSPS) is 12.4. The fraction of sp³-hybridized carbons (Fsp3) is 0.360. The van der Waals surface area contributed by atoms with E-state index >= 15 is 0 Å². The van der Waals surface area contributed by atoms with Crippen LogP contribution < -0.4 is 21.1 Å². The number of carbonyl (C=O) groups excluding carboxylic acids is 2. The van der Waals surface area contributed by atoms with Crippen molar-refractivity contribution in [3.8, 4) is 0 Å². The Morgan fingerprint density at radius 3 is 2.26 bits per heavy atom. The third-order valence-corrected chi connectivity index (χ3v) is 6.39. The maximum absolute atomic E-state index is 12.8. The lowest BCUT2D eigenvalue weighted by atomic mass is 10.1. The highest BCUT2D eigenvalue weighted by molar-refractivity contribution is 7.88. The highest BCUT2D eigenvalue weighted by atomic mass is 32.2. The van der Waals surface area contributed by atoms with E-state index in [-0.39, 0.29) is 30.1 Å². The molecule has 38 heavy (non-hydrogen) atoms. The predicted molar refractivity (Wildman–Crippen MR) is 141 cm³/mol. The van der Waals surface area contributed by atoms with E-state index in [1.165, 1.54) is 24.3 Å². The number of hydrogen-bond acceptors (Lipinski definition) is 7. The Morgan fingerprint density at radius 2 is 1.68 bits per heavy atom. The van der Waals surface area contributed by atoms with Crippen LogP contribution in [0.5, 0.6) is 0 Å². The van der Waals surface area contributed by atoms with Crippen LogP contribution in [0.3, 0.4) is 0 Å². The van der Waals surface area contributed by atoms with Gasteiger partial charge in [-0.15, -0.1) is 0 Å². The Labute approximate surface area is 221 Å². The first-order chi connectivity index (χ1) is 17.6. The molecule has 13 heteroatoms. The molecule has 0 radical (unpaired) electrons. The molecule has 12 nitrogen and oxygen atoms in total. The minimum Gasteiger partial charge on any atom is -0.478 e. The van der Waals surface area contributed by atoms with Gasteiger partial charge in [-0.25, -0.2) is 17.9 Å². The van der Waals surface area contributed by atoms with Crippen molar-refractivity contribution in [2.45, 2.75) is 44.7 Å². The number of nitrogens with one attached hydrogen (secondary N) is 4. The first kappa shape index (κ1) is 30.4. The van der Waals surface area contributed by atoms with Crippen molar-refractivity contribution >= 4 is 33.6 Å². The summed E-state index contributed by atoms with van der Waals surface area (Å²) in [5.74, 6) is -3.09. The van der Waals surface area contributed by atoms with Crippen LogP contribution >= 0.6 is 0 Å². The van der Waals surface area contributed by atoms with Crippen LogP contribution in [0.2, 0.25) is 0 Å². The molecule has 0 aliphatic rings. The minimum absolute atomic E-state index is 0.0659. The first-order valence-electron chi connectivity index (χ1n) is 11.6. The summed E-state index contributed by atoms with van der Waals surface area (Å²) in [6.07, 6.45) is 0. The van der Waals surface area contributed by atoms with Crippen molar-refractivity contribution < 1.29 is 32.6 Å². The summed E-state index contributed by atoms with van der Waals surface area (Å²) in [5.41, 5.74) is 6.21. The Balaban J connectivity index is 2.00. The molecule has 0 bridgehead atoms. The Morgan fingerprint density at radius 1 is 1.03 bits per heavy atom. The Hall–Kier alpha value is -3.81. The van der Waals surface area contributed by atoms with Crippen molar-refractivity contribution in [2.24, 2.45) is 5.73 Å². The number of carboxylic acids is 1. The highest BCUT2D eigenvalue weighted by Gasteiger charge is 2.27. The first-order valence-corrected chi connectivity index (χ1v) is 13.2. The summed E-state index contributed by atoms with van der Waals surface area (Å²) in [6, 6.07) is 10.8. The molecule has 0 aliphatic heterocycles. The zero-order valence-corrected chi connectivity index (χ0v) is 22.2.